The van der Waals surface area contributed by atoms with Gasteiger partial charge in [0.25, 0.3) is 0 Å². The summed E-state index contributed by atoms with van der Waals surface area (Å²) in [7, 11) is 0. The van der Waals surface area contributed by atoms with Crippen molar-refractivity contribution in [1.82, 2.24) is 14.6 Å². The van der Waals surface area contributed by atoms with Crippen LogP contribution in [0, 0.1) is 0 Å². The molecule has 0 atom stereocenters. The molecule has 0 N–H and O–H groups in total. The molecule has 6 heteroatoms. The van der Waals surface area contributed by atoms with Gasteiger partial charge in [-0.25, -0.2) is 14.3 Å². The molecule has 0 bridgehead atoms. The van der Waals surface area contributed by atoms with Gasteiger partial charge in [0.1, 0.15) is 6.33 Å². The number of nitrogens with zero attached hydrogens (tertiary/aromatic N) is 3. The number of aromatic nitrogens is 3. The number of carbonyl (C=O) groups excluding carboxylic acids is 1. The zero-order chi connectivity index (χ0) is 10.8. The maximum absolute atomic E-state index is 11.5. The van der Waals surface area contributed by atoms with Crippen molar-refractivity contribution in [1.29, 1.82) is 0 Å². The molecule has 2 aromatic heterocycles. The molecular weight excluding hydrogens is 262 g/mol. The topological polar surface area (TPSA) is 56.5 Å². The Hall–Kier alpha value is -1.43. The Balaban J connectivity index is 2.49. The third-order valence-corrected chi connectivity index (χ3v) is 2.42. The number of rotatable bonds is 2. The Labute approximate surface area is 94.2 Å². The molecule has 2 aromatic rings. The highest BCUT2D eigenvalue weighted by molar-refractivity contribution is 9.10. The van der Waals surface area contributed by atoms with E-state index in [4.69, 9.17) is 4.74 Å². The maximum atomic E-state index is 11.5. The Morgan fingerprint density at radius 1 is 1.67 bits per heavy atom. The molecule has 0 unspecified atom stereocenters. The number of fused-ring (bicyclic) bond motifs is 1. The first-order valence-corrected chi connectivity index (χ1v) is 5.17. The highest BCUT2D eigenvalue weighted by atomic mass is 79.9. The highest BCUT2D eigenvalue weighted by Crippen LogP contribution is 2.17. The van der Waals surface area contributed by atoms with Gasteiger partial charge in [0.2, 0.25) is 0 Å². The molecule has 0 amide bonds. The second-order valence-corrected chi connectivity index (χ2v) is 3.68. The van der Waals surface area contributed by atoms with Crippen LogP contribution >= 0.6 is 15.9 Å². The number of halogens is 1. The Kier molecular flexibility index (Phi) is 2.68. The van der Waals surface area contributed by atoms with E-state index in [2.05, 4.69) is 26.0 Å². The molecule has 0 aromatic carbocycles. The highest BCUT2D eigenvalue weighted by Gasteiger charge is 2.10. The summed E-state index contributed by atoms with van der Waals surface area (Å²) in [6, 6.07) is 1.67. The maximum Gasteiger partial charge on any atom is 0.339 e. The van der Waals surface area contributed by atoms with Crippen molar-refractivity contribution in [3.8, 4) is 0 Å². The number of hydrogen-bond donors (Lipinski definition) is 0. The van der Waals surface area contributed by atoms with Crippen molar-refractivity contribution in [3.63, 3.8) is 0 Å². The van der Waals surface area contributed by atoms with Gasteiger partial charge in [-0.1, -0.05) is 0 Å². The van der Waals surface area contributed by atoms with Crippen molar-refractivity contribution in [2.24, 2.45) is 0 Å². The van der Waals surface area contributed by atoms with Gasteiger partial charge < -0.3 is 4.74 Å². The minimum atomic E-state index is -0.365. The molecule has 15 heavy (non-hydrogen) atoms. The van der Waals surface area contributed by atoms with Crippen LogP contribution in [0.3, 0.4) is 0 Å². The number of ether oxygens (including phenoxy) is 1. The predicted molar refractivity (Wildman–Crippen MR) is 56.6 cm³/mol. The van der Waals surface area contributed by atoms with Crippen molar-refractivity contribution in [2.45, 2.75) is 6.92 Å². The van der Waals surface area contributed by atoms with Gasteiger partial charge in [0.15, 0.2) is 5.65 Å². The monoisotopic (exact) mass is 269 g/mol. The van der Waals surface area contributed by atoms with Crippen LogP contribution in [0.2, 0.25) is 0 Å². The fraction of sp³-hybridized carbons (Fsp3) is 0.222. The van der Waals surface area contributed by atoms with Gasteiger partial charge >= 0.3 is 5.97 Å². The Morgan fingerprint density at radius 3 is 3.20 bits per heavy atom. The van der Waals surface area contributed by atoms with Gasteiger partial charge in [-0.15, -0.1) is 0 Å². The molecule has 0 radical (unpaired) electrons. The molecule has 2 heterocycles. The van der Waals surface area contributed by atoms with E-state index in [1.807, 2.05) is 0 Å². The molecule has 0 fully saturated rings. The average Bonchev–Trinajstić information content (AvgIpc) is 2.66. The molecule has 0 spiro atoms. The second-order valence-electron chi connectivity index (χ2n) is 2.83. The fourth-order valence-corrected chi connectivity index (χ4v) is 1.74. The van der Waals surface area contributed by atoms with Crippen LogP contribution in [0.15, 0.2) is 23.1 Å². The summed E-state index contributed by atoms with van der Waals surface area (Å²) in [6.07, 6.45) is 3.01. The van der Waals surface area contributed by atoms with Gasteiger partial charge in [0, 0.05) is 6.20 Å². The van der Waals surface area contributed by atoms with E-state index >= 15 is 0 Å². The van der Waals surface area contributed by atoms with Crippen LogP contribution in [0.25, 0.3) is 5.65 Å². The van der Waals surface area contributed by atoms with Gasteiger partial charge in [-0.05, 0) is 28.9 Å². The Morgan fingerprint density at radius 2 is 2.47 bits per heavy atom. The van der Waals surface area contributed by atoms with E-state index < -0.39 is 0 Å². The van der Waals surface area contributed by atoms with E-state index in [0.717, 1.165) is 0 Å². The first-order valence-electron chi connectivity index (χ1n) is 4.38. The van der Waals surface area contributed by atoms with Gasteiger partial charge in [-0.2, -0.15) is 5.10 Å². The largest absolute Gasteiger partial charge is 0.462 e. The van der Waals surface area contributed by atoms with Crippen molar-refractivity contribution >= 4 is 27.5 Å². The lowest BCUT2D eigenvalue weighted by Crippen LogP contribution is -2.06. The van der Waals surface area contributed by atoms with Crippen molar-refractivity contribution in [2.75, 3.05) is 6.61 Å². The zero-order valence-electron chi connectivity index (χ0n) is 7.98. The number of pyridine rings is 1. The summed E-state index contributed by atoms with van der Waals surface area (Å²) in [5.41, 5.74) is 1.12. The quantitative estimate of drug-likeness (QED) is 0.779. The standard InChI is InChI=1S/C9H8BrN3O2/c1-2-15-9(14)6-3-7(10)8-11-5-12-13(8)4-6/h3-5H,2H2,1H3. The van der Waals surface area contributed by atoms with E-state index in [0.29, 0.717) is 22.3 Å². The summed E-state index contributed by atoms with van der Waals surface area (Å²) < 4.78 is 7.12. The fourth-order valence-electron chi connectivity index (χ4n) is 1.21. The normalized spacial score (nSPS) is 10.5. The predicted octanol–water partition coefficient (Wildman–Crippen LogP) is 1.67. The van der Waals surface area contributed by atoms with Crippen LogP contribution in [0.1, 0.15) is 17.3 Å². The third kappa shape index (κ3) is 1.85. The van der Waals surface area contributed by atoms with Gasteiger partial charge in [0.05, 0.1) is 16.6 Å². The molecule has 0 saturated heterocycles. The summed E-state index contributed by atoms with van der Waals surface area (Å²) in [6.45, 7) is 2.12. The van der Waals surface area contributed by atoms with Crippen molar-refractivity contribution < 1.29 is 9.53 Å². The summed E-state index contributed by atoms with van der Waals surface area (Å²) in [5, 5.41) is 3.95. The lowest BCUT2D eigenvalue weighted by atomic mass is 10.3. The van der Waals surface area contributed by atoms with Gasteiger partial charge in [-0.3, -0.25) is 0 Å². The van der Waals surface area contributed by atoms with Crippen LogP contribution < -0.4 is 0 Å². The average molecular weight is 270 g/mol. The number of esters is 1. The SMILES string of the molecule is CCOC(=O)c1cc(Br)c2ncnn2c1. The number of hydrogen-bond acceptors (Lipinski definition) is 4. The van der Waals surface area contributed by atoms with Crippen LogP contribution in [0.4, 0.5) is 0 Å². The minimum absolute atomic E-state index is 0.353. The molecular formula is C9H8BrN3O2. The molecule has 0 aliphatic carbocycles. The number of carbonyl (C=O) groups is 1. The van der Waals surface area contributed by atoms with E-state index in [1.165, 1.54) is 10.8 Å². The molecule has 0 saturated carbocycles. The first-order chi connectivity index (χ1) is 7.22. The molecule has 5 nitrogen and oxygen atoms in total. The van der Waals surface area contributed by atoms with Crippen LogP contribution in [0.5, 0.6) is 0 Å². The summed E-state index contributed by atoms with van der Waals surface area (Å²) >= 11 is 3.32. The summed E-state index contributed by atoms with van der Waals surface area (Å²) in [4.78, 5) is 15.5. The first kappa shape index (κ1) is 10.1. The second kappa shape index (κ2) is 3.98. The lowest BCUT2D eigenvalue weighted by Gasteiger charge is -2.02. The van der Waals surface area contributed by atoms with E-state index in [1.54, 1.807) is 19.2 Å². The third-order valence-electron chi connectivity index (χ3n) is 1.84. The van der Waals surface area contributed by atoms with Crippen LogP contribution in [-0.4, -0.2) is 27.2 Å². The molecule has 2 rings (SSSR count). The Bertz CT molecular complexity index is 509. The molecule has 78 valence electrons. The molecule has 0 aliphatic heterocycles. The van der Waals surface area contributed by atoms with Crippen molar-refractivity contribution in [3.05, 3.63) is 28.6 Å². The van der Waals surface area contributed by atoms with E-state index in [9.17, 15) is 4.79 Å². The smallest absolute Gasteiger partial charge is 0.339 e. The zero-order valence-corrected chi connectivity index (χ0v) is 9.56. The van der Waals surface area contributed by atoms with Crippen LogP contribution in [-0.2, 0) is 4.74 Å². The molecule has 0 aliphatic rings. The minimum Gasteiger partial charge on any atom is -0.462 e. The summed E-state index contributed by atoms with van der Waals surface area (Å²) in [5.74, 6) is -0.365. The lowest BCUT2D eigenvalue weighted by molar-refractivity contribution is 0.0525. The van der Waals surface area contributed by atoms with E-state index in [-0.39, 0.29) is 5.97 Å².